The number of halogens is 2. The molecule has 23 heavy (non-hydrogen) atoms. The lowest BCUT2D eigenvalue weighted by Gasteiger charge is -2.45. The molecule has 1 amide bonds. The van der Waals surface area contributed by atoms with Gasteiger partial charge in [-0.2, -0.15) is 0 Å². The maximum atomic E-state index is 14.2. The van der Waals surface area contributed by atoms with Gasteiger partial charge in [-0.05, 0) is 57.2 Å². The van der Waals surface area contributed by atoms with Crippen molar-refractivity contribution in [2.45, 2.75) is 56.7 Å². The quantitative estimate of drug-likeness (QED) is 0.842. The molecule has 2 aliphatic heterocycles. The molecule has 1 aromatic carbocycles. The van der Waals surface area contributed by atoms with Gasteiger partial charge in [0.05, 0.1) is 0 Å². The van der Waals surface area contributed by atoms with Crippen molar-refractivity contribution in [1.29, 1.82) is 0 Å². The zero-order chi connectivity index (χ0) is 16.0. The molecular formula is C18H22ClFN2O. The fraction of sp³-hybridized carbons (Fsp3) is 0.611. The van der Waals surface area contributed by atoms with Gasteiger partial charge in [-0.25, -0.2) is 4.39 Å². The van der Waals surface area contributed by atoms with Gasteiger partial charge < -0.3 is 4.90 Å². The van der Waals surface area contributed by atoms with E-state index < -0.39 is 5.54 Å². The summed E-state index contributed by atoms with van der Waals surface area (Å²) in [6, 6.07) is 5.30. The van der Waals surface area contributed by atoms with Crippen LogP contribution in [-0.2, 0) is 11.3 Å². The first-order valence-corrected chi connectivity index (χ1v) is 8.98. The Bertz CT molecular complexity index is 633. The van der Waals surface area contributed by atoms with E-state index in [0.717, 1.165) is 51.6 Å². The molecule has 4 rings (SSSR count). The Morgan fingerprint density at radius 2 is 1.96 bits per heavy atom. The van der Waals surface area contributed by atoms with Crippen LogP contribution in [0.4, 0.5) is 4.39 Å². The maximum Gasteiger partial charge on any atom is 0.243 e. The Morgan fingerprint density at radius 3 is 2.65 bits per heavy atom. The second-order valence-electron chi connectivity index (χ2n) is 7.13. The first-order valence-electron chi connectivity index (χ1n) is 8.60. The van der Waals surface area contributed by atoms with E-state index >= 15 is 0 Å². The van der Waals surface area contributed by atoms with Crippen LogP contribution in [0.2, 0.25) is 5.02 Å². The maximum absolute atomic E-state index is 14.2. The number of hydrogen-bond acceptors (Lipinski definition) is 2. The molecule has 2 heterocycles. The van der Waals surface area contributed by atoms with Crippen LogP contribution in [0.1, 0.15) is 44.1 Å². The summed E-state index contributed by atoms with van der Waals surface area (Å²) in [6.45, 7) is 2.26. The predicted octanol–water partition coefficient (Wildman–Crippen LogP) is 3.60. The van der Waals surface area contributed by atoms with E-state index in [2.05, 4.69) is 9.80 Å². The zero-order valence-electron chi connectivity index (χ0n) is 13.2. The van der Waals surface area contributed by atoms with Crippen molar-refractivity contribution in [3.63, 3.8) is 0 Å². The summed E-state index contributed by atoms with van der Waals surface area (Å²) in [5.41, 5.74) is 0.236. The molecule has 0 radical (unpaired) electrons. The largest absolute Gasteiger partial charge is 0.338 e. The average molecular weight is 337 g/mol. The Balaban J connectivity index is 1.59. The number of rotatable bonds is 3. The molecule has 5 heteroatoms. The standard InChI is InChI=1S/C18H22ClFN2O/c19-14-4-3-13(16(20)11-14)12-21-9-1-7-18(21)8-2-10-22(17(18)23)15-5-6-15/h3-4,11,15H,1-2,5-10,12H2. The normalized spacial score (nSPS) is 28.8. The van der Waals surface area contributed by atoms with Gasteiger partial charge in [-0.3, -0.25) is 9.69 Å². The Morgan fingerprint density at radius 1 is 1.22 bits per heavy atom. The van der Waals surface area contributed by atoms with Gasteiger partial charge in [-0.1, -0.05) is 17.7 Å². The molecule has 1 saturated carbocycles. The van der Waals surface area contributed by atoms with Gasteiger partial charge >= 0.3 is 0 Å². The van der Waals surface area contributed by atoms with Gasteiger partial charge in [0.25, 0.3) is 0 Å². The van der Waals surface area contributed by atoms with E-state index in [9.17, 15) is 9.18 Å². The smallest absolute Gasteiger partial charge is 0.243 e. The minimum Gasteiger partial charge on any atom is -0.338 e. The third-order valence-electron chi connectivity index (χ3n) is 5.64. The minimum absolute atomic E-state index is 0.276. The Labute approximate surface area is 141 Å². The summed E-state index contributed by atoms with van der Waals surface area (Å²) >= 11 is 5.85. The highest BCUT2D eigenvalue weighted by Crippen LogP contribution is 2.42. The second-order valence-corrected chi connectivity index (χ2v) is 7.56. The fourth-order valence-electron chi connectivity index (χ4n) is 4.30. The van der Waals surface area contributed by atoms with Crippen molar-refractivity contribution in [2.24, 2.45) is 0 Å². The molecule has 0 N–H and O–H groups in total. The number of likely N-dealkylation sites (tertiary alicyclic amines) is 2. The van der Waals surface area contributed by atoms with Crippen LogP contribution in [0.5, 0.6) is 0 Å². The number of carbonyl (C=O) groups is 1. The molecule has 3 aliphatic rings. The summed E-state index contributed by atoms with van der Waals surface area (Å²) < 4.78 is 14.2. The summed E-state index contributed by atoms with van der Waals surface area (Å²) in [7, 11) is 0. The lowest BCUT2D eigenvalue weighted by molar-refractivity contribution is -0.148. The lowest BCUT2D eigenvalue weighted by atomic mass is 9.85. The number of nitrogens with zero attached hydrogens (tertiary/aromatic N) is 2. The van der Waals surface area contributed by atoms with Crippen molar-refractivity contribution in [1.82, 2.24) is 9.80 Å². The summed E-state index contributed by atoms with van der Waals surface area (Å²) in [5.74, 6) is 0.0139. The van der Waals surface area contributed by atoms with Crippen LogP contribution < -0.4 is 0 Å². The number of piperidine rings is 1. The van der Waals surface area contributed by atoms with E-state index in [1.807, 2.05) is 0 Å². The summed E-state index contributed by atoms with van der Waals surface area (Å²) in [5, 5.41) is 0.413. The first kappa shape index (κ1) is 15.4. The van der Waals surface area contributed by atoms with Gasteiger partial charge in [0.1, 0.15) is 11.4 Å². The molecular weight excluding hydrogens is 315 g/mol. The van der Waals surface area contributed by atoms with Crippen LogP contribution in [0, 0.1) is 5.82 Å². The number of carbonyl (C=O) groups excluding carboxylic acids is 1. The highest BCUT2D eigenvalue weighted by atomic mass is 35.5. The molecule has 3 fully saturated rings. The lowest BCUT2D eigenvalue weighted by Crippen LogP contribution is -2.60. The molecule has 3 nitrogen and oxygen atoms in total. The third-order valence-corrected chi connectivity index (χ3v) is 5.87. The third kappa shape index (κ3) is 2.66. The van der Waals surface area contributed by atoms with Crippen LogP contribution in [-0.4, -0.2) is 40.4 Å². The minimum atomic E-state index is -0.396. The number of amides is 1. The topological polar surface area (TPSA) is 23.6 Å². The predicted molar refractivity (Wildman–Crippen MR) is 87.8 cm³/mol. The summed E-state index contributed by atoms with van der Waals surface area (Å²) in [6.07, 6.45) is 6.18. The second kappa shape index (κ2) is 5.75. The van der Waals surface area contributed by atoms with E-state index in [1.165, 1.54) is 6.07 Å². The van der Waals surface area contributed by atoms with Crippen LogP contribution in [0.25, 0.3) is 0 Å². The SMILES string of the molecule is O=C1N(C2CC2)CCCC12CCCN2Cc1ccc(Cl)cc1F. The molecule has 1 unspecified atom stereocenters. The zero-order valence-corrected chi connectivity index (χ0v) is 14.0. The number of hydrogen-bond donors (Lipinski definition) is 0. The van der Waals surface area contributed by atoms with Crippen molar-refractivity contribution >= 4 is 17.5 Å². The highest BCUT2D eigenvalue weighted by Gasteiger charge is 2.53. The van der Waals surface area contributed by atoms with Gasteiger partial charge in [-0.15, -0.1) is 0 Å². The van der Waals surface area contributed by atoms with Crippen molar-refractivity contribution < 1.29 is 9.18 Å². The highest BCUT2D eigenvalue weighted by molar-refractivity contribution is 6.30. The molecule has 1 atom stereocenters. The molecule has 0 aromatic heterocycles. The number of benzene rings is 1. The van der Waals surface area contributed by atoms with Crippen LogP contribution in [0.3, 0.4) is 0 Å². The van der Waals surface area contributed by atoms with Gasteiger partial charge in [0.2, 0.25) is 5.91 Å². The van der Waals surface area contributed by atoms with E-state index in [-0.39, 0.29) is 11.7 Å². The Hall–Kier alpha value is -1.13. The molecule has 0 bridgehead atoms. The van der Waals surface area contributed by atoms with Crippen LogP contribution in [0.15, 0.2) is 18.2 Å². The van der Waals surface area contributed by atoms with Gasteiger partial charge in [0.15, 0.2) is 0 Å². The first-order chi connectivity index (χ1) is 11.1. The fourth-order valence-corrected chi connectivity index (χ4v) is 4.46. The molecule has 1 aliphatic carbocycles. The van der Waals surface area contributed by atoms with E-state index in [0.29, 0.717) is 23.2 Å². The van der Waals surface area contributed by atoms with E-state index in [4.69, 9.17) is 11.6 Å². The van der Waals surface area contributed by atoms with Crippen molar-refractivity contribution in [2.75, 3.05) is 13.1 Å². The summed E-state index contributed by atoms with van der Waals surface area (Å²) in [4.78, 5) is 17.5. The monoisotopic (exact) mass is 336 g/mol. The van der Waals surface area contributed by atoms with Crippen LogP contribution >= 0.6 is 11.6 Å². The molecule has 124 valence electrons. The molecule has 1 spiro atoms. The van der Waals surface area contributed by atoms with Crippen molar-refractivity contribution in [3.8, 4) is 0 Å². The molecule has 1 aromatic rings. The Kier molecular flexibility index (Phi) is 3.85. The molecule has 2 saturated heterocycles. The van der Waals surface area contributed by atoms with E-state index in [1.54, 1.807) is 12.1 Å². The average Bonchev–Trinajstić information content (AvgIpc) is 3.28. The van der Waals surface area contributed by atoms with Gasteiger partial charge in [0, 0.05) is 29.7 Å². The van der Waals surface area contributed by atoms with Crippen molar-refractivity contribution in [3.05, 3.63) is 34.6 Å².